The molecule has 104 valence electrons. The Labute approximate surface area is 113 Å². The molecular formula is C14H19NO4. The van der Waals surface area contributed by atoms with Crippen LogP contribution < -0.4 is 0 Å². The van der Waals surface area contributed by atoms with Crippen molar-refractivity contribution in [2.45, 2.75) is 13.0 Å². The van der Waals surface area contributed by atoms with Gasteiger partial charge in [0.2, 0.25) is 0 Å². The molecule has 19 heavy (non-hydrogen) atoms. The molecule has 0 radical (unpaired) electrons. The van der Waals surface area contributed by atoms with Crippen molar-refractivity contribution in [3.8, 4) is 0 Å². The molecule has 0 atom stereocenters. The quantitative estimate of drug-likeness (QED) is 0.731. The van der Waals surface area contributed by atoms with E-state index in [1.807, 2.05) is 12.1 Å². The number of ether oxygens (including phenoxy) is 2. The first kappa shape index (κ1) is 15.2. The van der Waals surface area contributed by atoms with Gasteiger partial charge in [-0.05, 0) is 11.6 Å². The van der Waals surface area contributed by atoms with Crippen molar-refractivity contribution in [1.29, 1.82) is 0 Å². The summed E-state index contributed by atoms with van der Waals surface area (Å²) in [6, 6.07) is 7.27. The third-order valence-corrected chi connectivity index (χ3v) is 2.77. The summed E-state index contributed by atoms with van der Waals surface area (Å²) in [6.45, 7) is 0.708. The van der Waals surface area contributed by atoms with Crippen molar-refractivity contribution in [3.05, 3.63) is 35.4 Å². The maximum absolute atomic E-state index is 12.3. The van der Waals surface area contributed by atoms with Crippen molar-refractivity contribution in [2.24, 2.45) is 0 Å². The summed E-state index contributed by atoms with van der Waals surface area (Å²) >= 11 is 0. The molecule has 5 nitrogen and oxygen atoms in total. The van der Waals surface area contributed by atoms with Crippen LogP contribution in [0, 0.1) is 0 Å². The number of carbonyl (C=O) groups excluding carboxylic acids is 2. The van der Waals surface area contributed by atoms with Gasteiger partial charge in [-0.2, -0.15) is 0 Å². The largest absolute Gasteiger partial charge is 0.469 e. The van der Waals surface area contributed by atoms with Crippen LogP contribution in [0.5, 0.6) is 0 Å². The molecule has 0 aliphatic rings. The third kappa shape index (κ3) is 4.37. The Bertz CT molecular complexity index is 445. The number of methoxy groups -OCH3 is 2. The van der Waals surface area contributed by atoms with Crippen LogP contribution in [-0.4, -0.2) is 44.6 Å². The molecule has 1 aromatic rings. The molecule has 0 saturated carbocycles. The highest BCUT2D eigenvalue weighted by Gasteiger charge is 2.16. The van der Waals surface area contributed by atoms with Crippen LogP contribution in [0.3, 0.4) is 0 Å². The molecular weight excluding hydrogens is 246 g/mol. The molecule has 1 rings (SSSR count). The minimum absolute atomic E-state index is 0.128. The summed E-state index contributed by atoms with van der Waals surface area (Å²) in [6.07, 6.45) is 0.186. The van der Waals surface area contributed by atoms with Crippen LogP contribution in [0.2, 0.25) is 0 Å². The van der Waals surface area contributed by atoms with E-state index in [1.54, 1.807) is 26.3 Å². The smallest absolute Gasteiger partial charge is 0.307 e. The highest BCUT2D eigenvalue weighted by atomic mass is 16.5. The SMILES string of the molecule is COCc1ccccc1C(=O)N(C)CCC(=O)OC. The number of hydrogen-bond donors (Lipinski definition) is 0. The lowest BCUT2D eigenvalue weighted by Gasteiger charge is -2.18. The highest BCUT2D eigenvalue weighted by molar-refractivity contribution is 5.95. The fourth-order valence-electron chi connectivity index (χ4n) is 1.68. The van der Waals surface area contributed by atoms with E-state index in [0.29, 0.717) is 18.7 Å². The molecule has 0 aliphatic carbocycles. The van der Waals surface area contributed by atoms with Gasteiger partial charge in [0.15, 0.2) is 0 Å². The van der Waals surface area contributed by atoms with Crippen molar-refractivity contribution in [1.82, 2.24) is 4.90 Å². The fraction of sp³-hybridized carbons (Fsp3) is 0.429. The topological polar surface area (TPSA) is 55.8 Å². The van der Waals surface area contributed by atoms with Crippen molar-refractivity contribution < 1.29 is 19.1 Å². The van der Waals surface area contributed by atoms with Gasteiger partial charge in [-0.25, -0.2) is 0 Å². The van der Waals surface area contributed by atoms with Gasteiger partial charge in [0, 0.05) is 26.3 Å². The molecule has 0 saturated heterocycles. The van der Waals surface area contributed by atoms with E-state index in [0.717, 1.165) is 5.56 Å². The van der Waals surface area contributed by atoms with Crippen LogP contribution in [0.25, 0.3) is 0 Å². The van der Waals surface area contributed by atoms with E-state index in [-0.39, 0.29) is 18.3 Å². The maximum atomic E-state index is 12.3. The van der Waals surface area contributed by atoms with E-state index < -0.39 is 0 Å². The monoisotopic (exact) mass is 265 g/mol. The number of rotatable bonds is 6. The summed E-state index contributed by atoms with van der Waals surface area (Å²) in [7, 11) is 4.58. The molecule has 1 aromatic carbocycles. The molecule has 0 aromatic heterocycles. The second-order valence-corrected chi connectivity index (χ2v) is 4.14. The van der Waals surface area contributed by atoms with Gasteiger partial charge in [0.1, 0.15) is 0 Å². The number of hydrogen-bond acceptors (Lipinski definition) is 4. The van der Waals surface area contributed by atoms with Gasteiger partial charge in [-0.15, -0.1) is 0 Å². The minimum atomic E-state index is -0.329. The lowest BCUT2D eigenvalue weighted by molar-refractivity contribution is -0.140. The number of carbonyl (C=O) groups is 2. The fourth-order valence-corrected chi connectivity index (χ4v) is 1.68. The summed E-state index contributed by atoms with van der Waals surface area (Å²) in [5, 5.41) is 0. The zero-order valence-corrected chi connectivity index (χ0v) is 11.5. The van der Waals surface area contributed by atoms with E-state index in [4.69, 9.17) is 4.74 Å². The van der Waals surface area contributed by atoms with E-state index in [1.165, 1.54) is 12.0 Å². The molecule has 5 heteroatoms. The van der Waals surface area contributed by atoms with Crippen molar-refractivity contribution >= 4 is 11.9 Å². The van der Waals surface area contributed by atoms with Crippen LogP contribution in [-0.2, 0) is 20.9 Å². The van der Waals surface area contributed by atoms with Crippen LogP contribution in [0.4, 0.5) is 0 Å². The Hall–Kier alpha value is -1.88. The second-order valence-electron chi connectivity index (χ2n) is 4.14. The molecule has 0 spiro atoms. The first-order chi connectivity index (χ1) is 9.10. The van der Waals surface area contributed by atoms with Crippen LogP contribution in [0.15, 0.2) is 24.3 Å². The van der Waals surface area contributed by atoms with Gasteiger partial charge >= 0.3 is 5.97 Å². The standard InChI is InChI=1S/C14H19NO4/c1-15(9-8-13(16)19-3)14(17)12-7-5-4-6-11(12)10-18-2/h4-7H,8-10H2,1-3H3. The van der Waals surface area contributed by atoms with Gasteiger partial charge in [0.25, 0.3) is 5.91 Å². The zero-order chi connectivity index (χ0) is 14.3. The predicted molar refractivity (Wildman–Crippen MR) is 70.7 cm³/mol. The Kier molecular flexibility index (Phi) is 6.02. The van der Waals surface area contributed by atoms with E-state index in [2.05, 4.69) is 4.74 Å². The lowest BCUT2D eigenvalue weighted by Crippen LogP contribution is -2.30. The lowest BCUT2D eigenvalue weighted by atomic mass is 10.1. The Morgan fingerprint density at radius 3 is 2.53 bits per heavy atom. The van der Waals surface area contributed by atoms with Gasteiger partial charge < -0.3 is 14.4 Å². The maximum Gasteiger partial charge on any atom is 0.307 e. The van der Waals surface area contributed by atoms with Gasteiger partial charge in [-0.1, -0.05) is 18.2 Å². The first-order valence-electron chi connectivity index (χ1n) is 5.99. The first-order valence-corrected chi connectivity index (χ1v) is 5.99. The molecule has 0 bridgehead atoms. The Morgan fingerprint density at radius 2 is 1.89 bits per heavy atom. The molecule has 0 fully saturated rings. The second kappa shape index (κ2) is 7.53. The van der Waals surface area contributed by atoms with Crippen molar-refractivity contribution in [3.63, 3.8) is 0 Å². The third-order valence-electron chi connectivity index (χ3n) is 2.77. The van der Waals surface area contributed by atoms with Gasteiger partial charge in [0.05, 0.1) is 20.1 Å². The average Bonchev–Trinajstić information content (AvgIpc) is 2.44. The van der Waals surface area contributed by atoms with Gasteiger partial charge in [-0.3, -0.25) is 9.59 Å². The Morgan fingerprint density at radius 1 is 1.21 bits per heavy atom. The summed E-state index contributed by atoms with van der Waals surface area (Å²) in [4.78, 5) is 24.8. The normalized spacial score (nSPS) is 10.1. The average molecular weight is 265 g/mol. The molecule has 0 heterocycles. The summed E-state index contributed by atoms with van der Waals surface area (Å²) in [5.74, 6) is -0.457. The number of nitrogens with zero attached hydrogens (tertiary/aromatic N) is 1. The molecule has 0 aliphatic heterocycles. The molecule has 1 amide bonds. The summed E-state index contributed by atoms with van der Waals surface area (Å²) in [5.41, 5.74) is 1.43. The highest BCUT2D eigenvalue weighted by Crippen LogP contribution is 2.12. The van der Waals surface area contributed by atoms with Crippen LogP contribution >= 0.6 is 0 Å². The Balaban J connectivity index is 2.73. The predicted octanol–water partition coefficient (Wildman–Crippen LogP) is 1.47. The van der Waals surface area contributed by atoms with E-state index >= 15 is 0 Å². The number of amides is 1. The zero-order valence-electron chi connectivity index (χ0n) is 11.5. The molecule has 0 unspecified atom stereocenters. The van der Waals surface area contributed by atoms with Crippen LogP contribution in [0.1, 0.15) is 22.3 Å². The number of esters is 1. The summed E-state index contributed by atoms with van der Waals surface area (Å²) < 4.78 is 9.62. The molecule has 0 N–H and O–H groups in total. The number of benzene rings is 1. The van der Waals surface area contributed by atoms with Crippen molar-refractivity contribution in [2.75, 3.05) is 27.8 Å². The minimum Gasteiger partial charge on any atom is -0.469 e. The van der Waals surface area contributed by atoms with E-state index in [9.17, 15) is 9.59 Å².